The summed E-state index contributed by atoms with van der Waals surface area (Å²) >= 11 is 20.3. The molecule has 172 valence electrons. The predicted octanol–water partition coefficient (Wildman–Crippen LogP) is 5.04. The quantitative estimate of drug-likeness (QED) is 0.237. The Kier molecular flexibility index (Phi) is 10.5. The van der Waals surface area contributed by atoms with Gasteiger partial charge in [0.1, 0.15) is 11.5 Å². The number of carbonyl (C=O) groups is 2. The van der Waals surface area contributed by atoms with Crippen molar-refractivity contribution < 1.29 is 19.1 Å². The molecule has 0 bridgehead atoms. The molecule has 0 aliphatic rings. The monoisotopic (exact) mass is 561 g/mol. The van der Waals surface area contributed by atoms with E-state index in [4.69, 9.17) is 44.9 Å². The molecule has 2 amide bonds. The van der Waals surface area contributed by atoms with Gasteiger partial charge in [-0.3, -0.25) is 25.8 Å². The molecule has 0 heterocycles. The van der Waals surface area contributed by atoms with E-state index in [1.54, 1.807) is 30.3 Å². The summed E-state index contributed by atoms with van der Waals surface area (Å²) < 4.78 is 11.9. The second-order valence-corrected chi connectivity index (χ2v) is 8.74. The second-order valence-electron chi connectivity index (χ2n) is 6.57. The van der Waals surface area contributed by atoms with Crippen molar-refractivity contribution in [3.63, 3.8) is 0 Å². The van der Waals surface area contributed by atoms with Gasteiger partial charge in [-0.25, -0.2) is 0 Å². The van der Waals surface area contributed by atoms with Gasteiger partial charge < -0.3 is 9.47 Å². The minimum absolute atomic E-state index is 0.0976. The summed E-state index contributed by atoms with van der Waals surface area (Å²) in [7, 11) is 0. The van der Waals surface area contributed by atoms with Gasteiger partial charge >= 0.3 is 0 Å². The first kappa shape index (κ1) is 26.2. The second kappa shape index (κ2) is 12.8. The maximum atomic E-state index is 12.6. The molecule has 2 aromatic rings. The fraction of sp³-hybridized carbons (Fsp3) is 0.286. The number of amides is 2. The van der Waals surface area contributed by atoms with Crippen LogP contribution in [0.15, 0.2) is 40.9 Å². The van der Waals surface area contributed by atoms with Crippen molar-refractivity contribution in [1.82, 2.24) is 16.2 Å². The Morgan fingerprint density at radius 1 is 1.12 bits per heavy atom. The standard InChI is InChI=1S/C21H22BrCl2N3O4S/c1-3-4-9-30-17-7-5-13(22)10-15(17)20(29)25-21(32)27-26-19(28)12(2)31-18-8-6-14(23)11-16(18)24/h5-8,10-12H,3-4,9H2,1-2H3,(H,26,28)(H2,25,27,29,32). The topological polar surface area (TPSA) is 88.7 Å². The van der Waals surface area contributed by atoms with Gasteiger partial charge in [-0.15, -0.1) is 0 Å². The zero-order valence-electron chi connectivity index (χ0n) is 17.3. The summed E-state index contributed by atoms with van der Waals surface area (Å²) in [6.07, 6.45) is 0.936. The molecule has 1 unspecified atom stereocenters. The highest BCUT2D eigenvalue weighted by atomic mass is 79.9. The smallest absolute Gasteiger partial charge is 0.279 e. The maximum Gasteiger partial charge on any atom is 0.279 e. The Labute approximate surface area is 210 Å². The van der Waals surface area contributed by atoms with Crippen LogP contribution in [0.2, 0.25) is 10.0 Å². The minimum atomic E-state index is -0.900. The largest absolute Gasteiger partial charge is 0.493 e. The first-order valence-electron chi connectivity index (χ1n) is 9.66. The Morgan fingerprint density at radius 3 is 2.53 bits per heavy atom. The molecular formula is C21H22BrCl2N3O4S. The van der Waals surface area contributed by atoms with Crippen molar-refractivity contribution in [2.45, 2.75) is 32.8 Å². The van der Waals surface area contributed by atoms with Gasteiger partial charge in [0.15, 0.2) is 11.2 Å². The molecule has 2 aromatic carbocycles. The van der Waals surface area contributed by atoms with Gasteiger partial charge in [-0.05, 0) is 62.0 Å². The summed E-state index contributed by atoms with van der Waals surface area (Å²) in [6.45, 7) is 4.07. The number of hydrazine groups is 1. The first-order chi connectivity index (χ1) is 15.2. The number of rotatable bonds is 8. The number of halogens is 3. The molecule has 0 aromatic heterocycles. The molecule has 0 saturated heterocycles. The van der Waals surface area contributed by atoms with Crippen LogP contribution >= 0.6 is 51.3 Å². The number of nitrogens with one attached hydrogen (secondary N) is 3. The van der Waals surface area contributed by atoms with Crippen LogP contribution in [-0.2, 0) is 4.79 Å². The SMILES string of the molecule is CCCCOc1ccc(Br)cc1C(=O)NC(=S)NNC(=O)C(C)Oc1ccc(Cl)cc1Cl. The number of hydrogen-bond donors (Lipinski definition) is 3. The van der Waals surface area contributed by atoms with E-state index in [0.29, 0.717) is 33.2 Å². The van der Waals surface area contributed by atoms with E-state index in [9.17, 15) is 9.59 Å². The lowest BCUT2D eigenvalue weighted by Crippen LogP contribution is -2.51. The summed E-state index contributed by atoms with van der Waals surface area (Å²) in [4.78, 5) is 24.9. The van der Waals surface area contributed by atoms with Crippen molar-refractivity contribution in [2.24, 2.45) is 0 Å². The fourth-order valence-electron chi connectivity index (χ4n) is 2.37. The van der Waals surface area contributed by atoms with E-state index < -0.39 is 17.9 Å². The van der Waals surface area contributed by atoms with Crippen LogP contribution in [0, 0.1) is 0 Å². The lowest BCUT2D eigenvalue weighted by Gasteiger charge is -2.17. The normalized spacial score (nSPS) is 11.3. The number of carbonyl (C=O) groups excluding carboxylic acids is 2. The molecule has 1 atom stereocenters. The molecule has 0 radical (unpaired) electrons. The van der Waals surface area contributed by atoms with Gasteiger partial charge in [0.05, 0.1) is 17.2 Å². The predicted molar refractivity (Wildman–Crippen MR) is 132 cm³/mol. The van der Waals surface area contributed by atoms with E-state index in [1.807, 2.05) is 6.92 Å². The van der Waals surface area contributed by atoms with E-state index in [-0.39, 0.29) is 10.1 Å². The summed E-state index contributed by atoms with van der Waals surface area (Å²) in [5.41, 5.74) is 5.16. The third-order valence-electron chi connectivity index (χ3n) is 4.03. The molecule has 32 heavy (non-hydrogen) atoms. The Morgan fingerprint density at radius 2 is 1.84 bits per heavy atom. The molecule has 0 fully saturated rings. The van der Waals surface area contributed by atoms with Crippen molar-refractivity contribution in [3.8, 4) is 11.5 Å². The molecule has 11 heteroatoms. The van der Waals surface area contributed by atoms with Gasteiger partial charge in [0, 0.05) is 9.50 Å². The molecule has 0 aliphatic carbocycles. The summed E-state index contributed by atoms with van der Waals surface area (Å²) in [5, 5.41) is 3.13. The number of thiocarbonyl (C=S) groups is 1. The highest BCUT2D eigenvalue weighted by molar-refractivity contribution is 9.10. The molecule has 7 nitrogen and oxygen atoms in total. The van der Waals surface area contributed by atoms with Gasteiger partial charge in [-0.1, -0.05) is 52.5 Å². The Balaban J connectivity index is 1.90. The van der Waals surface area contributed by atoms with E-state index in [2.05, 4.69) is 32.1 Å². The fourth-order valence-corrected chi connectivity index (χ4v) is 3.33. The third kappa shape index (κ3) is 8.12. The van der Waals surface area contributed by atoms with E-state index in [0.717, 1.165) is 12.8 Å². The van der Waals surface area contributed by atoms with Crippen molar-refractivity contribution >= 4 is 68.3 Å². The van der Waals surface area contributed by atoms with Gasteiger partial charge in [0.2, 0.25) is 0 Å². The zero-order valence-corrected chi connectivity index (χ0v) is 21.3. The highest BCUT2D eigenvalue weighted by Gasteiger charge is 2.18. The van der Waals surface area contributed by atoms with Crippen LogP contribution in [-0.4, -0.2) is 29.6 Å². The van der Waals surface area contributed by atoms with Gasteiger partial charge in [-0.2, -0.15) is 0 Å². The van der Waals surface area contributed by atoms with E-state index in [1.165, 1.54) is 13.0 Å². The lowest BCUT2D eigenvalue weighted by molar-refractivity contribution is -0.127. The van der Waals surface area contributed by atoms with Crippen LogP contribution in [0.25, 0.3) is 0 Å². The summed E-state index contributed by atoms with van der Waals surface area (Å²) in [6, 6.07) is 9.78. The third-order valence-corrected chi connectivity index (χ3v) is 5.26. The van der Waals surface area contributed by atoms with Crippen molar-refractivity contribution in [1.29, 1.82) is 0 Å². The Bertz CT molecular complexity index is 994. The van der Waals surface area contributed by atoms with Crippen LogP contribution < -0.4 is 25.6 Å². The van der Waals surface area contributed by atoms with Crippen molar-refractivity contribution in [3.05, 3.63) is 56.5 Å². The molecule has 3 N–H and O–H groups in total. The van der Waals surface area contributed by atoms with Crippen LogP contribution in [0.5, 0.6) is 11.5 Å². The first-order valence-corrected chi connectivity index (χ1v) is 11.6. The minimum Gasteiger partial charge on any atom is -0.493 e. The molecular weight excluding hydrogens is 541 g/mol. The summed E-state index contributed by atoms with van der Waals surface area (Å²) in [5.74, 6) is -0.270. The number of benzene rings is 2. The maximum absolute atomic E-state index is 12.6. The molecule has 0 saturated carbocycles. The van der Waals surface area contributed by atoms with Crippen LogP contribution in [0.3, 0.4) is 0 Å². The number of unbranched alkanes of at least 4 members (excludes halogenated alkanes) is 1. The van der Waals surface area contributed by atoms with Crippen molar-refractivity contribution in [2.75, 3.05) is 6.61 Å². The Hall–Kier alpha value is -2.07. The number of ether oxygens (including phenoxy) is 2. The molecule has 0 aliphatic heterocycles. The van der Waals surface area contributed by atoms with Crippen LogP contribution in [0.1, 0.15) is 37.0 Å². The number of hydrogen-bond acceptors (Lipinski definition) is 5. The molecule has 2 rings (SSSR count). The van der Waals surface area contributed by atoms with E-state index >= 15 is 0 Å². The van der Waals surface area contributed by atoms with Gasteiger partial charge in [0.25, 0.3) is 11.8 Å². The van der Waals surface area contributed by atoms with Crippen LogP contribution in [0.4, 0.5) is 0 Å². The zero-order chi connectivity index (χ0) is 23.7. The molecule has 0 spiro atoms. The average Bonchev–Trinajstić information content (AvgIpc) is 2.75. The lowest BCUT2D eigenvalue weighted by atomic mass is 10.2. The highest BCUT2D eigenvalue weighted by Crippen LogP contribution is 2.28. The average molecular weight is 563 g/mol.